The summed E-state index contributed by atoms with van der Waals surface area (Å²) in [5, 5.41) is 15.8. The summed E-state index contributed by atoms with van der Waals surface area (Å²) in [7, 11) is 1.76. The molecule has 0 fully saturated rings. The van der Waals surface area contributed by atoms with Crippen molar-refractivity contribution >= 4 is 37.5 Å². The van der Waals surface area contributed by atoms with Gasteiger partial charge in [-0.25, -0.2) is 4.68 Å². The van der Waals surface area contributed by atoms with E-state index in [1.54, 1.807) is 23.9 Å². The minimum Gasteiger partial charge on any atom is -0.438 e. The minimum absolute atomic E-state index is 0.0400. The predicted octanol–water partition coefficient (Wildman–Crippen LogP) is 4.09. The third kappa shape index (κ3) is 2.71. The van der Waals surface area contributed by atoms with Crippen molar-refractivity contribution in [3.63, 3.8) is 0 Å². The highest BCUT2D eigenvalue weighted by Crippen LogP contribution is 2.38. The van der Waals surface area contributed by atoms with E-state index < -0.39 is 4.92 Å². The first-order valence-electron chi connectivity index (χ1n) is 5.65. The maximum atomic E-state index is 10.9. The van der Waals surface area contributed by atoms with E-state index in [0.717, 1.165) is 11.3 Å². The summed E-state index contributed by atoms with van der Waals surface area (Å²) in [5.74, 6) is 0.935. The molecule has 0 amide bonds. The highest BCUT2D eigenvalue weighted by atomic mass is 79.9. The van der Waals surface area contributed by atoms with Gasteiger partial charge in [0.1, 0.15) is 4.47 Å². The van der Waals surface area contributed by atoms with Crippen LogP contribution in [0.15, 0.2) is 22.7 Å². The molecule has 0 aliphatic heterocycles. The highest BCUT2D eigenvalue weighted by molar-refractivity contribution is 9.10. The fourth-order valence-corrected chi connectivity index (χ4v) is 2.92. The third-order valence-electron chi connectivity index (χ3n) is 2.77. The van der Waals surface area contributed by atoms with Crippen LogP contribution in [0.3, 0.4) is 0 Å². The maximum Gasteiger partial charge on any atom is 0.287 e. The molecule has 1 heterocycles. The summed E-state index contributed by atoms with van der Waals surface area (Å²) in [5.41, 5.74) is 1.72. The largest absolute Gasteiger partial charge is 0.438 e. The van der Waals surface area contributed by atoms with Crippen LogP contribution in [-0.2, 0) is 12.4 Å². The molecule has 0 bridgehead atoms. The number of ether oxygens (including phenoxy) is 1. The Morgan fingerprint density at radius 3 is 2.80 bits per heavy atom. The first-order chi connectivity index (χ1) is 9.45. The van der Waals surface area contributed by atoms with E-state index in [9.17, 15) is 10.1 Å². The molecular formula is C12H11Br2N3O3. The fraction of sp³-hybridized carbons (Fsp3) is 0.250. The van der Waals surface area contributed by atoms with Crippen LogP contribution in [-0.4, -0.2) is 14.7 Å². The van der Waals surface area contributed by atoms with E-state index in [4.69, 9.17) is 4.74 Å². The Balaban J connectivity index is 2.46. The molecule has 1 aromatic carbocycles. The van der Waals surface area contributed by atoms with Gasteiger partial charge < -0.3 is 4.74 Å². The van der Waals surface area contributed by atoms with Gasteiger partial charge in [-0.15, -0.1) is 0 Å². The molecule has 0 atom stereocenters. The lowest BCUT2D eigenvalue weighted by Crippen LogP contribution is -1.98. The molecule has 20 heavy (non-hydrogen) atoms. The zero-order valence-corrected chi connectivity index (χ0v) is 13.9. The average Bonchev–Trinajstić information content (AvgIpc) is 2.65. The molecule has 0 saturated carbocycles. The topological polar surface area (TPSA) is 70.2 Å². The van der Waals surface area contributed by atoms with Crippen molar-refractivity contribution in [2.75, 3.05) is 0 Å². The Morgan fingerprint density at radius 2 is 2.20 bits per heavy atom. The van der Waals surface area contributed by atoms with Gasteiger partial charge in [-0.1, -0.05) is 22.0 Å². The summed E-state index contributed by atoms with van der Waals surface area (Å²) in [6.45, 7) is 1.88. The van der Waals surface area contributed by atoms with Crippen LogP contribution in [0.2, 0.25) is 0 Å². The van der Waals surface area contributed by atoms with Gasteiger partial charge in [0.25, 0.3) is 5.69 Å². The number of aryl methyl sites for hydroxylation is 2. The Kier molecular flexibility index (Phi) is 4.44. The SMILES string of the molecule is Cc1nn(C)c(Oc2cccc([N+](=O)[O-])c2Br)c1CBr. The molecule has 6 nitrogen and oxygen atoms in total. The van der Waals surface area contributed by atoms with Crippen LogP contribution in [0.25, 0.3) is 0 Å². The van der Waals surface area contributed by atoms with Crippen LogP contribution in [0.1, 0.15) is 11.3 Å². The third-order valence-corrected chi connectivity index (χ3v) is 4.13. The van der Waals surface area contributed by atoms with Crippen LogP contribution in [0.4, 0.5) is 5.69 Å². The van der Waals surface area contributed by atoms with E-state index >= 15 is 0 Å². The van der Waals surface area contributed by atoms with Crippen molar-refractivity contribution in [1.82, 2.24) is 9.78 Å². The van der Waals surface area contributed by atoms with E-state index in [0.29, 0.717) is 21.4 Å². The summed E-state index contributed by atoms with van der Waals surface area (Å²) >= 11 is 6.60. The molecule has 0 aliphatic rings. The van der Waals surface area contributed by atoms with E-state index in [-0.39, 0.29) is 5.69 Å². The van der Waals surface area contributed by atoms with Crippen LogP contribution in [0.5, 0.6) is 11.6 Å². The molecule has 0 unspecified atom stereocenters. The monoisotopic (exact) mass is 403 g/mol. The average molecular weight is 405 g/mol. The zero-order valence-electron chi connectivity index (χ0n) is 10.8. The number of nitro benzene ring substituents is 1. The van der Waals surface area contributed by atoms with Crippen LogP contribution in [0, 0.1) is 17.0 Å². The van der Waals surface area contributed by atoms with Crippen molar-refractivity contribution in [2.24, 2.45) is 7.05 Å². The molecule has 0 N–H and O–H groups in total. The van der Waals surface area contributed by atoms with Gasteiger partial charge in [0, 0.05) is 24.0 Å². The summed E-state index contributed by atoms with van der Waals surface area (Å²) in [6, 6.07) is 4.66. The van der Waals surface area contributed by atoms with Gasteiger partial charge in [0.05, 0.1) is 10.6 Å². The number of nitrogens with zero attached hydrogens (tertiary/aromatic N) is 3. The first kappa shape index (κ1) is 15.0. The normalized spacial score (nSPS) is 10.6. The number of rotatable bonds is 4. The van der Waals surface area contributed by atoms with Gasteiger partial charge in [0.15, 0.2) is 5.75 Å². The Hall–Kier alpha value is -1.41. The van der Waals surface area contributed by atoms with E-state index in [2.05, 4.69) is 37.0 Å². The van der Waals surface area contributed by atoms with Crippen molar-refractivity contribution in [1.29, 1.82) is 0 Å². The standard InChI is InChI=1S/C12H11Br2N3O3/c1-7-8(6-13)12(16(2)15-7)20-10-5-3-4-9(11(10)14)17(18)19/h3-5H,6H2,1-2H3. The van der Waals surface area contributed by atoms with Crippen LogP contribution >= 0.6 is 31.9 Å². The van der Waals surface area contributed by atoms with Gasteiger partial charge in [-0.05, 0) is 28.9 Å². The lowest BCUT2D eigenvalue weighted by atomic mass is 10.3. The molecule has 1 aromatic heterocycles. The predicted molar refractivity (Wildman–Crippen MR) is 81.4 cm³/mol. The Labute approximate surface area is 132 Å². The van der Waals surface area contributed by atoms with Crippen LogP contribution < -0.4 is 4.74 Å². The number of hydrogen-bond acceptors (Lipinski definition) is 4. The second kappa shape index (κ2) is 5.92. The van der Waals surface area contributed by atoms with E-state index in [1.165, 1.54) is 6.07 Å². The summed E-state index contributed by atoms with van der Waals surface area (Å²) in [4.78, 5) is 10.5. The molecule has 2 rings (SSSR count). The van der Waals surface area contributed by atoms with E-state index in [1.807, 2.05) is 6.92 Å². The van der Waals surface area contributed by atoms with Crippen molar-refractivity contribution < 1.29 is 9.66 Å². The van der Waals surface area contributed by atoms with Gasteiger partial charge in [-0.3, -0.25) is 10.1 Å². The van der Waals surface area contributed by atoms with Gasteiger partial charge in [-0.2, -0.15) is 5.10 Å². The quantitative estimate of drug-likeness (QED) is 0.437. The molecule has 8 heteroatoms. The highest BCUT2D eigenvalue weighted by Gasteiger charge is 2.20. The van der Waals surface area contributed by atoms with Gasteiger partial charge in [0.2, 0.25) is 5.88 Å². The second-order valence-electron chi connectivity index (χ2n) is 4.07. The molecular weight excluding hydrogens is 394 g/mol. The molecule has 0 radical (unpaired) electrons. The number of nitro groups is 1. The van der Waals surface area contributed by atoms with Crippen molar-refractivity contribution in [3.05, 3.63) is 44.0 Å². The summed E-state index contributed by atoms with van der Waals surface area (Å²) in [6.07, 6.45) is 0. The zero-order chi connectivity index (χ0) is 14.9. The first-order valence-corrected chi connectivity index (χ1v) is 7.56. The Morgan fingerprint density at radius 1 is 1.50 bits per heavy atom. The number of hydrogen-bond donors (Lipinski definition) is 0. The molecule has 2 aromatic rings. The summed E-state index contributed by atoms with van der Waals surface area (Å²) < 4.78 is 7.71. The smallest absolute Gasteiger partial charge is 0.287 e. The number of halogens is 2. The maximum absolute atomic E-state index is 10.9. The molecule has 0 saturated heterocycles. The molecule has 0 aliphatic carbocycles. The number of alkyl halides is 1. The van der Waals surface area contributed by atoms with Crippen molar-refractivity contribution in [2.45, 2.75) is 12.3 Å². The minimum atomic E-state index is -0.461. The van der Waals surface area contributed by atoms with Gasteiger partial charge >= 0.3 is 0 Å². The fourth-order valence-electron chi connectivity index (χ4n) is 1.79. The number of aromatic nitrogens is 2. The number of benzene rings is 1. The molecule has 106 valence electrons. The van der Waals surface area contributed by atoms with Crippen molar-refractivity contribution in [3.8, 4) is 11.6 Å². The molecule has 0 spiro atoms. The lowest BCUT2D eigenvalue weighted by Gasteiger charge is -2.09. The second-order valence-corrected chi connectivity index (χ2v) is 5.43. The Bertz CT molecular complexity index is 670. The lowest BCUT2D eigenvalue weighted by molar-refractivity contribution is -0.385.